The van der Waals surface area contributed by atoms with E-state index in [2.05, 4.69) is 0 Å². The summed E-state index contributed by atoms with van der Waals surface area (Å²) in [6, 6.07) is 0. The average Bonchev–Trinajstić information content (AvgIpc) is 2.25. The number of carboxylic acid groups (broad SMARTS) is 3. The van der Waals surface area contributed by atoms with E-state index in [9.17, 15) is 34.8 Å². The van der Waals surface area contributed by atoms with Crippen LogP contribution in [0.1, 0.15) is 41.5 Å². The van der Waals surface area contributed by atoms with Gasteiger partial charge in [-0.3, -0.25) is 9.59 Å². The van der Waals surface area contributed by atoms with Crippen LogP contribution in [0.25, 0.3) is 0 Å². The molecule has 0 aliphatic carbocycles. The zero-order chi connectivity index (χ0) is 18.0. The van der Waals surface area contributed by atoms with Gasteiger partial charge in [0.2, 0.25) is 0 Å². The molecule has 0 heterocycles. The van der Waals surface area contributed by atoms with E-state index >= 15 is 0 Å². The zero-order valence-electron chi connectivity index (χ0n) is 13.8. The summed E-state index contributed by atoms with van der Waals surface area (Å²) in [5.74, 6) is -9.02. The lowest BCUT2D eigenvalue weighted by atomic mass is 9.53. The normalized spacial score (nSPS) is 16.6. The van der Waals surface area contributed by atoms with E-state index in [1.807, 2.05) is 0 Å². The Kier molecular flexibility index (Phi) is 6.15. The molecule has 0 aromatic carbocycles. The van der Waals surface area contributed by atoms with Crippen molar-refractivity contribution in [1.82, 2.24) is 0 Å². The summed E-state index contributed by atoms with van der Waals surface area (Å²) in [6.07, 6.45) is 0. The van der Waals surface area contributed by atoms with Crippen LogP contribution in [0.5, 0.6) is 0 Å². The third kappa shape index (κ3) is 2.69. The molecule has 0 aliphatic rings. The Morgan fingerprint density at radius 3 is 1.27 bits per heavy atom. The van der Waals surface area contributed by atoms with E-state index in [1.54, 1.807) is 0 Å². The lowest BCUT2D eigenvalue weighted by Crippen LogP contribution is -2.69. The summed E-state index contributed by atoms with van der Waals surface area (Å²) in [6.45, 7) is 8.78. The molecule has 0 spiro atoms. The number of carbonyl (C=O) groups is 3. The molecule has 128 valence electrons. The Bertz CT molecular complexity index is 445. The summed E-state index contributed by atoms with van der Waals surface area (Å²) < 4.78 is 0. The van der Waals surface area contributed by atoms with Crippen LogP contribution >= 0.6 is 0 Å². The maximum Gasteiger partial charge on any atom is 0.337 e. The summed E-state index contributed by atoms with van der Waals surface area (Å²) in [7, 11) is 0. The molecular weight excluding hydrogens is 292 g/mol. The minimum Gasteiger partial charge on any atom is -0.481 e. The van der Waals surface area contributed by atoms with Gasteiger partial charge in [0.25, 0.3) is 0 Å². The van der Waals surface area contributed by atoms with Crippen LogP contribution in [0, 0.1) is 29.1 Å². The number of rotatable bonds is 8. The molecule has 0 rings (SSSR count). The first-order valence-corrected chi connectivity index (χ1v) is 7.21. The van der Waals surface area contributed by atoms with Gasteiger partial charge in [-0.15, -0.1) is 0 Å². The highest BCUT2D eigenvalue weighted by Gasteiger charge is 2.69. The number of hydrogen-bond donors (Lipinski definition) is 4. The first-order valence-electron chi connectivity index (χ1n) is 7.21. The third-order valence-corrected chi connectivity index (χ3v) is 4.51. The van der Waals surface area contributed by atoms with Crippen molar-refractivity contribution < 1.29 is 34.8 Å². The Hall–Kier alpha value is -1.63. The number of hydrogen-bond acceptors (Lipinski definition) is 4. The smallest absolute Gasteiger partial charge is 0.337 e. The summed E-state index contributed by atoms with van der Waals surface area (Å²) >= 11 is 0. The van der Waals surface area contributed by atoms with Crippen molar-refractivity contribution in [1.29, 1.82) is 0 Å². The van der Waals surface area contributed by atoms with E-state index in [4.69, 9.17) is 0 Å². The van der Waals surface area contributed by atoms with E-state index in [0.717, 1.165) is 0 Å². The fourth-order valence-electron chi connectivity index (χ4n) is 3.72. The second-order valence-corrected chi connectivity index (χ2v) is 6.62. The molecule has 0 saturated carbocycles. The van der Waals surface area contributed by atoms with Gasteiger partial charge in [-0.05, 0) is 17.8 Å². The molecule has 2 atom stereocenters. The van der Waals surface area contributed by atoms with Gasteiger partial charge in [0, 0.05) is 0 Å². The summed E-state index contributed by atoms with van der Waals surface area (Å²) in [4.78, 5) is 35.4. The van der Waals surface area contributed by atoms with Crippen molar-refractivity contribution in [2.75, 3.05) is 0 Å². The highest BCUT2D eigenvalue weighted by Crippen LogP contribution is 2.51. The maximum atomic E-state index is 12.0. The molecule has 0 fully saturated rings. The molecule has 22 heavy (non-hydrogen) atoms. The Morgan fingerprint density at radius 1 is 0.773 bits per heavy atom. The van der Waals surface area contributed by atoms with E-state index in [0.29, 0.717) is 0 Å². The standard InChI is InChI=1S/C15H26O7/c1-7(2)10(11(16)17)15(22,13(20)21)14(8(3)4,9(5)6)12(18)19/h7-10,22H,1-6H3,(H,16,17)(H,18,19)(H,20,21). The average molecular weight is 318 g/mol. The fraction of sp³-hybridized carbons (Fsp3) is 0.800. The van der Waals surface area contributed by atoms with E-state index in [-0.39, 0.29) is 0 Å². The Balaban J connectivity index is 6.83. The van der Waals surface area contributed by atoms with Crippen LogP contribution in [0.2, 0.25) is 0 Å². The fourth-order valence-corrected chi connectivity index (χ4v) is 3.72. The van der Waals surface area contributed by atoms with Crippen LogP contribution in [0.4, 0.5) is 0 Å². The van der Waals surface area contributed by atoms with Crippen LogP contribution in [-0.4, -0.2) is 43.9 Å². The van der Waals surface area contributed by atoms with Gasteiger partial charge < -0.3 is 20.4 Å². The molecule has 0 aromatic heterocycles. The van der Waals surface area contributed by atoms with Crippen molar-refractivity contribution in [2.45, 2.75) is 47.1 Å². The molecule has 4 N–H and O–H groups in total. The first kappa shape index (κ1) is 20.4. The molecule has 2 unspecified atom stereocenters. The number of aliphatic hydroxyl groups is 1. The van der Waals surface area contributed by atoms with Crippen molar-refractivity contribution >= 4 is 17.9 Å². The van der Waals surface area contributed by atoms with Crippen molar-refractivity contribution in [3.8, 4) is 0 Å². The SMILES string of the molecule is CC(C)C(C(=O)O)C(O)(C(=O)O)C(C(=O)O)(C(C)C)C(C)C. The quantitative estimate of drug-likeness (QED) is 0.533. The van der Waals surface area contributed by atoms with Crippen LogP contribution in [-0.2, 0) is 14.4 Å². The second kappa shape index (κ2) is 6.64. The minimum atomic E-state index is -2.94. The molecule has 0 bridgehead atoms. The molecule has 0 aliphatic heterocycles. The zero-order valence-corrected chi connectivity index (χ0v) is 13.8. The van der Waals surface area contributed by atoms with Gasteiger partial charge >= 0.3 is 17.9 Å². The van der Waals surface area contributed by atoms with Crippen LogP contribution in [0.3, 0.4) is 0 Å². The van der Waals surface area contributed by atoms with Crippen molar-refractivity contribution in [3.05, 3.63) is 0 Å². The molecule has 0 aromatic rings. The Morgan fingerprint density at radius 2 is 1.14 bits per heavy atom. The highest BCUT2D eigenvalue weighted by atomic mass is 16.4. The first-order chi connectivity index (χ1) is 9.79. The van der Waals surface area contributed by atoms with E-state index in [1.165, 1.54) is 41.5 Å². The molecule has 0 radical (unpaired) electrons. The summed E-state index contributed by atoms with van der Waals surface area (Å²) in [5, 5.41) is 39.7. The number of carboxylic acids is 3. The lowest BCUT2D eigenvalue weighted by Gasteiger charge is -2.50. The number of aliphatic carboxylic acids is 3. The topological polar surface area (TPSA) is 132 Å². The van der Waals surface area contributed by atoms with Crippen molar-refractivity contribution in [2.24, 2.45) is 29.1 Å². The van der Waals surface area contributed by atoms with Gasteiger partial charge in [0.1, 0.15) is 5.41 Å². The van der Waals surface area contributed by atoms with Gasteiger partial charge in [-0.1, -0.05) is 41.5 Å². The molecular formula is C15H26O7. The van der Waals surface area contributed by atoms with Crippen LogP contribution in [0.15, 0.2) is 0 Å². The minimum absolute atomic E-state index is 0.769. The second-order valence-electron chi connectivity index (χ2n) is 6.62. The monoisotopic (exact) mass is 318 g/mol. The molecule has 7 heteroatoms. The predicted octanol–water partition coefficient (Wildman–Crippen LogP) is 1.54. The third-order valence-electron chi connectivity index (χ3n) is 4.51. The highest BCUT2D eigenvalue weighted by molar-refractivity contribution is 5.93. The Labute approximate surface area is 130 Å². The van der Waals surface area contributed by atoms with Gasteiger partial charge in [-0.2, -0.15) is 0 Å². The predicted molar refractivity (Wildman–Crippen MR) is 78.3 cm³/mol. The largest absolute Gasteiger partial charge is 0.481 e. The van der Waals surface area contributed by atoms with Crippen molar-refractivity contribution in [3.63, 3.8) is 0 Å². The molecule has 0 saturated heterocycles. The van der Waals surface area contributed by atoms with Gasteiger partial charge in [0.05, 0.1) is 5.92 Å². The van der Waals surface area contributed by atoms with E-state index < -0.39 is 52.6 Å². The summed E-state index contributed by atoms with van der Waals surface area (Å²) in [5.41, 5.74) is -5.09. The van der Waals surface area contributed by atoms with Crippen LogP contribution < -0.4 is 0 Å². The van der Waals surface area contributed by atoms with Gasteiger partial charge in [0.15, 0.2) is 5.60 Å². The molecule has 7 nitrogen and oxygen atoms in total. The molecule has 0 amide bonds. The maximum absolute atomic E-state index is 12.0. The van der Waals surface area contributed by atoms with Gasteiger partial charge in [-0.25, -0.2) is 4.79 Å². The lowest BCUT2D eigenvalue weighted by molar-refractivity contribution is -0.221.